The molecule has 0 spiro atoms. The fourth-order valence-corrected chi connectivity index (χ4v) is 2.33. The van der Waals surface area contributed by atoms with Crippen molar-refractivity contribution in [2.24, 2.45) is 11.8 Å². The molecule has 0 N–H and O–H groups in total. The van der Waals surface area contributed by atoms with Crippen molar-refractivity contribution in [3.05, 3.63) is 5.92 Å². The summed E-state index contributed by atoms with van der Waals surface area (Å²) in [5, 5.41) is 0. The second-order valence-corrected chi connectivity index (χ2v) is 3.43. The standard InChI is InChI=1S/C8H13.2Rf/c1-6-4-7-2-3-8(6)5-7;;/h7-8H,2-5H2,1H3;;/q-1;;. The molecule has 0 aliphatic heterocycles. The van der Waals surface area contributed by atoms with E-state index in [2.05, 4.69) is 6.92 Å². The van der Waals surface area contributed by atoms with Gasteiger partial charge in [-0.15, -0.1) is 0 Å². The van der Waals surface area contributed by atoms with Gasteiger partial charge in [0.05, 0.1) is 0 Å². The fourth-order valence-electron chi connectivity index (χ4n) is 2.33. The van der Waals surface area contributed by atoms with Crippen LogP contribution in [0.1, 0.15) is 32.6 Å². The third-order valence-corrected chi connectivity index (χ3v) is 2.85. The Bertz CT molecular complexity index is 101. The summed E-state index contributed by atoms with van der Waals surface area (Å²) in [6, 6.07) is 0. The van der Waals surface area contributed by atoms with E-state index in [0.29, 0.717) is 0 Å². The van der Waals surface area contributed by atoms with Crippen molar-refractivity contribution < 1.29 is 0 Å². The Labute approximate surface area is 51.3 Å². The van der Waals surface area contributed by atoms with Crippen molar-refractivity contribution in [1.82, 2.24) is 0 Å². The van der Waals surface area contributed by atoms with E-state index >= 15 is 0 Å². The van der Waals surface area contributed by atoms with Gasteiger partial charge >= 0.3 is 0 Å². The molecule has 2 rings (SSSR count). The van der Waals surface area contributed by atoms with Gasteiger partial charge in [-0.1, -0.05) is 25.2 Å². The number of hydrogen-bond acceptors (Lipinski definition) is 0. The molecule has 2 heteroatoms. The summed E-state index contributed by atoms with van der Waals surface area (Å²) in [7, 11) is 0. The molecule has 2 bridgehead atoms. The van der Waals surface area contributed by atoms with Crippen molar-refractivity contribution in [1.29, 1.82) is 0 Å². The first kappa shape index (κ1) is 8.00. The van der Waals surface area contributed by atoms with Crippen LogP contribution in [0.2, 0.25) is 0 Å². The van der Waals surface area contributed by atoms with E-state index < -0.39 is 0 Å². The third kappa shape index (κ3) is 0.667. The maximum Gasteiger partial charge on any atom is 0 e. The van der Waals surface area contributed by atoms with Gasteiger partial charge in [-0.2, -0.15) is 19.3 Å². The van der Waals surface area contributed by atoms with E-state index in [1.54, 1.807) is 5.92 Å². The Morgan fingerprint density at radius 1 is 1.20 bits per heavy atom. The molecule has 2 unspecified atom stereocenters. The Morgan fingerprint density at radius 2 is 1.90 bits per heavy atom. The van der Waals surface area contributed by atoms with Crippen LogP contribution in [0, 0.1) is 17.8 Å². The van der Waals surface area contributed by atoms with E-state index in [9.17, 15) is 0 Å². The van der Waals surface area contributed by atoms with Crippen LogP contribution in [0.3, 0.4) is 0 Å². The topological polar surface area (TPSA) is 0 Å². The number of hydrogen-bond donors (Lipinski definition) is 0. The second kappa shape index (κ2) is 2.08. The van der Waals surface area contributed by atoms with Crippen molar-refractivity contribution in [2.75, 3.05) is 0 Å². The molecular weight excluding hydrogens is 630 g/mol. The molecule has 0 aromatic heterocycles. The molecule has 0 nitrogen and oxygen atoms in total. The SMILES string of the molecule is C[C-]1CC2CCC1C2.[Rf].[Rf]. The largest absolute Gasteiger partial charge is 0.313 e. The maximum absolute atomic E-state index is 2.34. The number of fused-ring (bicyclic) bond motifs is 2. The molecule has 2 aliphatic rings. The summed E-state index contributed by atoms with van der Waals surface area (Å²) in [5.41, 5.74) is 0. The minimum absolute atomic E-state index is 0. The van der Waals surface area contributed by atoms with E-state index in [-0.39, 0.29) is 0 Å². The van der Waals surface area contributed by atoms with Gasteiger partial charge in [0, 0.05) is 0 Å². The van der Waals surface area contributed by atoms with Gasteiger partial charge in [0.25, 0.3) is 0 Å². The summed E-state index contributed by atoms with van der Waals surface area (Å²) in [6.45, 7) is 2.34. The van der Waals surface area contributed by atoms with Gasteiger partial charge in [0.2, 0.25) is 0 Å². The van der Waals surface area contributed by atoms with Gasteiger partial charge in [0.15, 0.2) is 0 Å². The Hall–Kier alpha value is -2.00. The van der Waals surface area contributed by atoms with Crippen LogP contribution in [0.5, 0.6) is 0 Å². The molecule has 0 radical (unpaired) electrons. The monoisotopic (exact) mass is 643 g/mol. The zero-order chi connectivity index (χ0) is 5.56. The first-order chi connectivity index (χ1) is 3.86. The zero-order valence-electron chi connectivity index (χ0n) is 6.90. The van der Waals surface area contributed by atoms with Crippen LogP contribution >= 0.6 is 0 Å². The molecule has 0 heterocycles. The van der Waals surface area contributed by atoms with Gasteiger partial charge in [-0.25, -0.2) is 0 Å². The number of rotatable bonds is 0. The molecule has 2 aliphatic carbocycles. The Morgan fingerprint density at radius 3 is 2.10 bits per heavy atom. The predicted molar refractivity (Wildman–Crippen MR) is 34.4 cm³/mol. The summed E-state index contributed by atoms with van der Waals surface area (Å²) in [5.74, 6) is 3.96. The van der Waals surface area contributed by atoms with E-state index in [1.165, 1.54) is 25.7 Å². The maximum atomic E-state index is 2.34. The second-order valence-electron chi connectivity index (χ2n) is 3.43. The van der Waals surface area contributed by atoms with E-state index in [1.807, 2.05) is 0 Å². The molecule has 0 saturated heterocycles. The van der Waals surface area contributed by atoms with Crippen LogP contribution in [0.25, 0.3) is 0 Å². The van der Waals surface area contributed by atoms with Crippen molar-refractivity contribution in [3.63, 3.8) is 0 Å². The summed E-state index contributed by atoms with van der Waals surface area (Å²) in [4.78, 5) is 0. The summed E-state index contributed by atoms with van der Waals surface area (Å²) in [6.07, 6.45) is 6.04. The summed E-state index contributed by atoms with van der Waals surface area (Å²) >= 11 is 0. The minimum atomic E-state index is 0. The molecule has 0 amide bonds. The summed E-state index contributed by atoms with van der Waals surface area (Å²) < 4.78 is 0. The molecule has 2 saturated carbocycles. The van der Waals surface area contributed by atoms with Crippen molar-refractivity contribution in [2.45, 2.75) is 32.6 Å². The van der Waals surface area contributed by atoms with Gasteiger partial charge in [-0.3, -0.25) is 0 Å². The van der Waals surface area contributed by atoms with Crippen LogP contribution in [-0.4, -0.2) is 0 Å². The average Bonchev–Trinajstić information content (AvgIpc) is 2.23. The van der Waals surface area contributed by atoms with Crippen LogP contribution < -0.4 is 0 Å². The van der Waals surface area contributed by atoms with Crippen LogP contribution in [0.15, 0.2) is 0 Å². The van der Waals surface area contributed by atoms with Gasteiger partial charge < -0.3 is 5.92 Å². The van der Waals surface area contributed by atoms with Crippen LogP contribution in [0.4, 0.5) is 0 Å². The average molecular weight is 643 g/mol. The predicted octanol–water partition coefficient (Wildman–Crippen LogP) is 2.40. The molecule has 50 valence electrons. The van der Waals surface area contributed by atoms with Crippen LogP contribution in [-0.2, 0) is 0 Å². The first-order valence-electron chi connectivity index (χ1n) is 3.68. The fraction of sp³-hybridized carbons (Fsp3) is 0.875. The molecule has 0 aromatic rings. The van der Waals surface area contributed by atoms with Crippen molar-refractivity contribution >= 4 is 0 Å². The van der Waals surface area contributed by atoms with E-state index in [4.69, 9.17) is 0 Å². The molecule has 2 atom stereocenters. The molecule has 10 heavy (non-hydrogen) atoms. The Kier molecular flexibility index (Phi) is 1.67. The molecule has 2 fully saturated rings. The van der Waals surface area contributed by atoms with E-state index in [0.717, 1.165) is 11.8 Å². The smallest absolute Gasteiger partial charge is 0 e. The van der Waals surface area contributed by atoms with Gasteiger partial charge in [-0.05, 0) is 0 Å². The third-order valence-electron chi connectivity index (χ3n) is 2.85. The van der Waals surface area contributed by atoms with Crippen molar-refractivity contribution in [3.8, 4) is 0 Å². The zero-order valence-corrected chi connectivity index (χ0v) is 19.7. The minimum Gasteiger partial charge on any atom is -0.313 e. The molecule has 0 aromatic carbocycles. The quantitative estimate of drug-likeness (QED) is 0.357. The normalized spacial score (nSPS) is 36.9. The van der Waals surface area contributed by atoms with Gasteiger partial charge in [0.1, 0.15) is 0 Å². The first-order valence-corrected chi connectivity index (χ1v) is 3.68. The molecular formula is C8H13Rf2-. The Balaban J connectivity index is 0.000000405.